The highest BCUT2D eigenvalue weighted by atomic mass is 32.2. The lowest BCUT2D eigenvalue weighted by atomic mass is 10.2. The molecule has 1 atom stereocenters. The van der Waals surface area contributed by atoms with Crippen molar-refractivity contribution in [3.63, 3.8) is 0 Å². The summed E-state index contributed by atoms with van der Waals surface area (Å²) in [5.74, 6) is 0. The van der Waals surface area contributed by atoms with Crippen LogP contribution in [-0.4, -0.2) is 31.1 Å². The van der Waals surface area contributed by atoms with E-state index in [1.54, 1.807) is 0 Å². The van der Waals surface area contributed by atoms with E-state index in [0.29, 0.717) is 5.25 Å². The molecule has 4 heteroatoms. The van der Waals surface area contributed by atoms with Crippen LogP contribution in [0.2, 0.25) is 0 Å². The summed E-state index contributed by atoms with van der Waals surface area (Å²) in [5, 5.41) is 5.17. The molecule has 1 aliphatic heterocycles. The van der Waals surface area contributed by atoms with Gasteiger partial charge in [0.15, 0.2) is 5.17 Å². The second kappa shape index (κ2) is 6.14. The number of para-hydroxylation sites is 2. The molecule has 0 saturated heterocycles. The number of rotatable bonds is 4. The van der Waals surface area contributed by atoms with E-state index in [1.807, 2.05) is 11.8 Å². The summed E-state index contributed by atoms with van der Waals surface area (Å²) in [7, 11) is 4.12. The Kier molecular flexibility index (Phi) is 4.53. The Morgan fingerprint density at radius 1 is 1.39 bits per heavy atom. The van der Waals surface area contributed by atoms with Crippen molar-refractivity contribution in [2.75, 3.05) is 30.9 Å². The number of thioether (sulfide) groups is 1. The van der Waals surface area contributed by atoms with E-state index in [-0.39, 0.29) is 0 Å². The van der Waals surface area contributed by atoms with Gasteiger partial charge in [-0.05, 0) is 18.6 Å². The standard InChI is InChI=1S/C14H21N3S/c1-4-7-11-10-15-14(18-11)16-12-8-5-6-9-13(12)17(2)3/h5-6,8-9,11H,4,7,10H2,1-3H3,(H,15,16). The minimum atomic E-state index is 0.656. The van der Waals surface area contributed by atoms with Gasteiger partial charge in [-0.25, -0.2) is 0 Å². The van der Waals surface area contributed by atoms with Gasteiger partial charge >= 0.3 is 0 Å². The van der Waals surface area contributed by atoms with Crippen LogP contribution < -0.4 is 10.2 Å². The maximum Gasteiger partial charge on any atom is 0.161 e. The van der Waals surface area contributed by atoms with Crippen LogP contribution in [0.15, 0.2) is 29.3 Å². The van der Waals surface area contributed by atoms with Crippen LogP contribution in [0.1, 0.15) is 19.8 Å². The maximum atomic E-state index is 4.58. The highest BCUT2D eigenvalue weighted by Gasteiger charge is 2.19. The van der Waals surface area contributed by atoms with Gasteiger partial charge in [-0.15, -0.1) is 0 Å². The van der Waals surface area contributed by atoms with Crippen molar-refractivity contribution < 1.29 is 0 Å². The molecule has 1 aromatic rings. The highest BCUT2D eigenvalue weighted by Crippen LogP contribution is 2.29. The molecular formula is C14H21N3S. The van der Waals surface area contributed by atoms with Crippen molar-refractivity contribution in [2.45, 2.75) is 25.0 Å². The van der Waals surface area contributed by atoms with E-state index in [0.717, 1.165) is 17.4 Å². The van der Waals surface area contributed by atoms with Crippen LogP contribution >= 0.6 is 11.8 Å². The second-order valence-electron chi connectivity index (χ2n) is 4.71. The first-order chi connectivity index (χ1) is 8.70. The first-order valence-electron chi connectivity index (χ1n) is 6.45. The van der Waals surface area contributed by atoms with Crippen LogP contribution in [0.25, 0.3) is 0 Å². The first-order valence-corrected chi connectivity index (χ1v) is 7.33. The Labute approximate surface area is 114 Å². The Balaban J connectivity index is 2.03. The lowest BCUT2D eigenvalue weighted by Gasteiger charge is -2.18. The van der Waals surface area contributed by atoms with Gasteiger partial charge in [0.05, 0.1) is 17.9 Å². The van der Waals surface area contributed by atoms with E-state index in [4.69, 9.17) is 0 Å². The maximum absolute atomic E-state index is 4.58. The third-order valence-corrected chi connectivity index (χ3v) is 4.13. The monoisotopic (exact) mass is 263 g/mol. The Bertz CT molecular complexity index is 429. The van der Waals surface area contributed by atoms with Crippen LogP contribution in [-0.2, 0) is 0 Å². The van der Waals surface area contributed by atoms with Crippen molar-refractivity contribution >= 4 is 28.3 Å². The molecule has 1 N–H and O–H groups in total. The van der Waals surface area contributed by atoms with E-state index in [2.05, 4.69) is 60.5 Å². The topological polar surface area (TPSA) is 27.6 Å². The van der Waals surface area contributed by atoms with Crippen molar-refractivity contribution in [2.24, 2.45) is 4.99 Å². The molecule has 0 spiro atoms. The summed E-state index contributed by atoms with van der Waals surface area (Å²) in [6.45, 7) is 3.18. The third kappa shape index (κ3) is 3.19. The van der Waals surface area contributed by atoms with E-state index in [1.165, 1.54) is 18.5 Å². The molecule has 18 heavy (non-hydrogen) atoms. The fourth-order valence-electron chi connectivity index (χ4n) is 2.04. The van der Waals surface area contributed by atoms with Gasteiger partial charge in [-0.2, -0.15) is 0 Å². The molecule has 2 rings (SSSR count). The van der Waals surface area contributed by atoms with Gasteiger partial charge in [-0.1, -0.05) is 37.2 Å². The average Bonchev–Trinajstić information content (AvgIpc) is 2.77. The number of hydrogen-bond acceptors (Lipinski definition) is 4. The molecule has 0 fully saturated rings. The summed E-state index contributed by atoms with van der Waals surface area (Å²) in [6.07, 6.45) is 2.48. The number of nitrogens with zero attached hydrogens (tertiary/aromatic N) is 2. The Morgan fingerprint density at radius 2 is 2.17 bits per heavy atom. The minimum Gasteiger partial charge on any atom is -0.376 e. The molecule has 0 amide bonds. The SMILES string of the molecule is CCCC1CN=C(Nc2ccccc2N(C)C)S1. The lowest BCUT2D eigenvalue weighted by molar-refractivity contribution is 0.754. The van der Waals surface area contributed by atoms with Crippen LogP contribution in [0.5, 0.6) is 0 Å². The molecule has 1 heterocycles. The molecule has 1 unspecified atom stereocenters. The van der Waals surface area contributed by atoms with E-state index < -0.39 is 0 Å². The smallest absolute Gasteiger partial charge is 0.161 e. The summed E-state index contributed by atoms with van der Waals surface area (Å²) in [5.41, 5.74) is 2.32. The molecule has 0 bridgehead atoms. The van der Waals surface area contributed by atoms with Crippen LogP contribution in [0, 0.1) is 0 Å². The zero-order chi connectivity index (χ0) is 13.0. The minimum absolute atomic E-state index is 0.656. The van der Waals surface area contributed by atoms with Crippen molar-refractivity contribution in [3.8, 4) is 0 Å². The summed E-state index contributed by atoms with van der Waals surface area (Å²) in [6, 6.07) is 8.33. The van der Waals surface area contributed by atoms with Gasteiger partial charge in [0.25, 0.3) is 0 Å². The zero-order valence-electron chi connectivity index (χ0n) is 11.3. The van der Waals surface area contributed by atoms with Gasteiger partial charge in [-0.3, -0.25) is 4.99 Å². The summed E-state index contributed by atoms with van der Waals surface area (Å²) >= 11 is 1.87. The van der Waals surface area contributed by atoms with E-state index >= 15 is 0 Å². The lowest BCUT2D eigenvalue weighted by Crippen LogP contribution is -2.14. The van der Waals surface area contributed by atoms with Crippen LogP contribution in [0.3, 0.4) is 0 Å². The predicted molar refractivity (Wildman–Crippen MR) is 83.0 cm³/mol. The quantitative estimate of drug-likeness (QED) is 0.902. The normalized spacial score (nSPS) is 18.6. The fraction of sp³-hybridized carbons (Fsp3) is 0.500. The molecule has 98 valence electrons. The Morgan fingerprint density at radius 3 is 2.89 bits per heavy atom. The molecule has 0 saturated carbocycles. The summed E-state index contributed by atoms with van der Waals surface area (Å²) < 4.78 is 0. The fourth-order valence-corrected chi connectivity index (χ4v) is 3.18. The molecule has 0 aromatic heterocycles. The molecular weight excluding hydrogens is 242 g/mol. The molecule has 0 aliphatic carbocycles. The number of aliphatic imine (C=N–C) groups is 1. The number of hydrogen-bond donors (Lipinski definition) is 1. The molecule has 0 radical (unpaired) electrons. The molecule has 1 aliphatic rings. The largest absolute Gasteiger partial charge is 0.376 e. The van der Waals surface area contributed by atoms with Crippen molar-refractivity contribution in [1.29, 1.82) is 0 Å². The third-order valence-electron chi connectivity index (χ3n) is 2.95. The van der Waals surface area contributed by atoms with Gasteiger partial charge in [0.2, 0.25) is 0 Å². The first kappa shape index (κ1) is 13.3. The molecule has 1 aromatic carbocycles. The predicted octanol–water partition coefficient (Wildman–Crippen LogP) is 3.44. The van der Waals surface area contributed by atoms with Gasteiger partial charge in [0, 0.05) is 19.3 Å². The number of nitrogens with one attached hydrogen (secondary N) is 1. The molecule has 3 nitrogen and oxygen atoms in total. The number of benzene rings is 1. The highest BCUT2D eigenvalue weighted by molar-refractivity contribution is 8.15. The number of anilines is 2. The average molecular weight is 263 g/mol. The van der Waals surface area contributed by atoms with E-state index in [9.17, 15) is 0 Å². The van der Waals surface area contributed by atoms with Crippen molar-refractivity contribution in [3.05, 3.63) is 24.3 Å². The number of amidine groups is 1. The van der Waals surface area contributed by atoms with Crippen LogP contribution in [0.4, 0.5) is 11.4 Å². The zero-order valence-corrected chi connectivity index (χ0v) is 12.1. The Hall–Kier alpha value is -1.16. The summed E-state index contributed by atoms with van der Waals surface area (Å²) in [4.78, 5) is 6.70. The second-order valence-corrected chi connectivity index (χ2v) is 6.00. The van der Waals surface area contributed by atoms with Gasteiger partial charge in [0.1, 0.15) is 0 Å². The van der Waals surface area contributed by atoms with Gasteiger partial charge < -0.3 is 10.2 Å². The van der Waals surface area contributed by atoms with Crippen molar-refractivity contribution in [1.82, 2.24) is 0 Å².